The quantitative estimate of drug-likeness (QED) is 0.145. The first kappa shape index (κ1) is 110. The number of hydrogen-bond donors (Lipinski definition) is 0. The van der Waals surface area contributed by atoms with Gasteiger partial charge in [0.1, 0.15) is 11.5 Å². The van der Waals surface area contributed by atoms with Crippen molar-refractivity contribution in [3.05, 3.63) is 641 Å². The van der Waals surface area contributed by atoms with Crippen molar-refractivity contribution >= 4 is 0 Å². The second kappa shape index (κ2) is 58.1. The molecule has 732 valence electrons. The van der Waals surface area contributed by atoms with E-state index in [1.807, 2.05) is 146 Å². The minimum Gasteiger partial charge on any atom is -0.457 e. The molecule has 0 heterocycles. The van der Waals surface area contributed by atoms with Crippen LogP contribution in [0.4, 0.5) is 0 Å². The smallest absolute Gasteiger partial charge is 0.127 e. The van der Waals surface area contributed by atoms with Gasteiger partial charge in [-0.3, -0.25) is 0 Å². The molecule has 0 aliphatic heterocycles. The lowest BCUT2D eigenvalue weighted by Crippen LogP contribution is -1.84. The average molecular weight is 1930 g/mol. The largest absolute Gasteiger partial charge is 0.457 e. The highest BCUT2D eigenvalue weighted by Gasteiger charge is 2.07. The molecule has 0 unspecified atom stereocenters. The van der Waals surface area contributed by atoms with Crippen molar-refractivity contribution in [3.8, 4) is 126 Å². The van der Waals surface area contributed by atoms with Crippen molar-refractivity contribution in [1.29, 1.82) is 0 Å². The van der Waals surface area contributed by atoms with Crippen molar-refractivity contribution in [3.63, 3.8) is 0 Å². The third-order valence-electron chi connectivity index (χ3n) is 24.2. The van der Waals surface area contributed by atoms with Gasteiger partial charge in [-0.05, 0) is 326 Å². The molecule has 1 nitrogen and oxygen atoms in total. The van der Waals surface area contributed by atoms with Gasteiger partial charge in [0.25, 0.3) is 0 Å². The second-order valence-electron chi connectivity index (χ2n) is 38.0. The lowest BCUT2D eigenvalue weighted by molar-refractivity contribution is 0.482. The Morgan fingerprint density at radius 1 is 0.101 bits per heavy atom. The van der Waals surface area contributed by atoms with Crippen LogP contribution in [0.3, 0.4) is 0 Å². The lowest BCUT2D eigenvalue weighted by Gasteiger charge is -2.07. The monoisotopic (exact) mass is 1930 g/mol. The van der Waals surface area contributed by atoms with E-state index in [0.717, 1.165) is 67.1 Å². The molecule has 0 aliphatic carbocycles. The van der Waals surface area contributed by atoms with Crippen molar-refractivity contribution in [2.24, 2.45) is 0 Å². The molecule has 0 amide bonds. The highest BCUT2D eigenvalue weighted by Crippen LogP contribution is 2.30. The molecule has 0 saturated carbocycles. The molecule has 20 aromatic rings. The fourth-order valence-corrected chi connectivity index (χ4v) is 14.9. The Bertz CT molecular complexity index is 7430. The first-order valence-corrected chi connectivity index (χ1v) is 50.8. The molecule has 20 rings (SSSR count). The maximum Gasteiger partial charge on any atom is 0.127 e. The molecule has 0 saturated heterocycles. The molecule has 1 heteroatoms. The highest BCUT2D eigenvalue weighted by molar-refractivity contribution is 5.74. The number of hydrogen-bond acceptors (Lipinski definition) is 1. The van der Waals surface area contributed by atoms with Crippen LogP contribution in [0.5, 0.6) is 11.5 Å². The van der Waals surface area contributed by atoms with E-state index in [4.69, 9.17) is 4.74 Å². The molecule has 0 N–H and O–H groups in total. The number of rotatable bonds is 7. The summed E-state index contributed by atoms with van der Waals surface area (Å²) in [5, 5.41) is 0. The number of benzene rings is 20. The van der Waals surface area contributed by atoms with E-state index >= 15 is 0 Å². The van der Waals surface area contributed by atoms with E-state index in [0.29, 0.717) is 0 Å². The molecule has 149 heavy (non-hydrogen) atoms. The summed E-state index contributed by atoms with van der Waals surface area (Å²) in [4.78, 5) is 0. The highest BCUT2D eigenvalue weighted by atomic mass is 16.5. The molecule has 0 bridgehead atoms. The Morgan fingerprint density at radius 2 is 0.235 bits per heavy atom. The van der Waals surface area contributed by atoms with Crippen molar-refractivity contribution in [1.82, 2.24) is 0 Å². The summed E-state index contributed by atoms with van der Waals surface area (Å²) < 4.78 is 5.69. The fraction of sp³-hybridized carbons (Fsp3) is 0.122. The number of aryl methyl sites for hydroxylation is 18. The van der Waals surface area contributed by atoms with Gasteiger partial charge < -0.3 is 4.74 Å². The topological polar surface area (TPSA) is 9.23 Å². The molecule has 0 aliphatic rings. The first-order valence-electron chi connectivity index (χ1n) is 50.8. The van der Waals surface area contributed by atoms with Crippen LogP contribution in [-0.4, -0.2) is 0 Å². The fourth-order valence-electron chi connectivity index (χ4n) is 14.9. The summed E-state index contributed by atoms with van der Waals surface area (Å²) in [5.74, 6) is 33.6. The summed E-state index contributed by atoms with van der Waals surface area (Å²) in [6.45, 7) is 37.7. The van der Waals surface area contributed by atoms with Crippen LogP contribution in [0.1, 0.15) is 156 Å². The number of ether oxygens (including phenoxy) is 1. The van der Waals surface area contributed by atoms with E-state index in [2.05, 4.69) is 524 Å². The van der Waals surface area contributed by atoms with Gasteiger partial charge in [-0.2, -0.15) is 0 Å². The van der Waals surface area contributed by atoms with Crippen LogP contribution in [0.15, 0.2) is 485 Å². The Morgan fingerprint density at radius 3 is 0.416 bits per heavy atom. The molecule has 0 atom stereocenters. The molecular formula is C148H134O. The van der Waals surface area contributed by atoms with Gasteiger partial charge in [0.05, 0.1) is 0 Å². The Kier molecular flexibility index (Phi) is 42.8. The lowest BCUT2D eigenvalue weighted by atomic mass is 9.98. The second-order valence-corrected chi connectivity index (χ2v) is 38.0. The van der Waals surface area contributed by atoms with Crippen LogP contribution in [-0.2, 0) is 0 Å². The maximum absolute atomic E-state index is 5.69. The van der Waals surface area contributed by atoms with Crippen LogP contribution in [0.2, 0.25) is 0 Å². The Balaban J connectivity index is 0.000000151. The molecule has 20 aromatic carbocycles. The zero-order chi connectivity index (χ0) is 105. The summed E-state index contributed by atoms with van der Waals surface area (Å²) in [6, 6.07) is 168. The van der Waals surface area contributed by atoms with Gasteiger partial charge in [0.2, 0.25) is 0 Å². The molecule has 0 aromatic heterocycles. The first-order chi connectivity index (χ1) is 72.1. The summed E-state index contributed by atoms with van der Waals surface area (Å²) >= 11 is 0. The summed E-state index contributed by atoms with van der Waals surface area (Å²) in [6.07, 6.45) is 0. The summed E-state index contributed by atoms with van der Waals surface area (Å²) in [7, 11) is 0. The minimum atomic E-state index is 0.879. The predicted octanol–water partition coefficient (Wildman–Crippen LogP) is 37.9. The minimum absolute atomic E-state index is 0.879. The van der Waals surface area contributed by atoms with E-state index in [-0.39, 0.29) is 0 Å². The van der Waals surface area contributed by atoms with Gasteiger partial charge in [-0.25, -0.2) is 0 Å². The average Bonchev–Trinajstić information content (AvgIpc) is 0.833. The van der Waals surface area contributed by atoms with E-state index < -0.39 is 0 Å². The van der Waals surface area contributed by atoms with Gasteiger partial charge in [-0.15, -0.1) is 0 Å². The maximum atomic E-state index is 5.69. The van der Waals surface area contributed by atoms with Gasteiger partial charge >= 0.3 is 0 Å². The van der Waals surface area contributed by atoms with Gasteiger partial charge in [-0.1, -0.05) is 499 Å². The molecule has 0 spiro atoms. The van der Waals surface area contributed by atoms with E-state index in [9.17, 15) is 0 Å². The van der Waals surface area contributed by atoms with Crippen molar-refractivity contribution in [2.75, 3.05) is 0 Å². The predicted molar refractivity (Wildman–Crippen MR) is 639 cm³/mol. The van der Waals surface area contributed by atoms with Crippen LogP contribution in [0.25, 0.3) is 55.6 Å². The molecule has 0 fully saturated rings. The van der Waals surface area contributed by atoms with Crippen LogP contribution in [0, 0.1) is 184 Å². The zero-order valence-electron chi connectivity index (χ0n) is 89.6. The standard InChI is InChI=1S/2C24H18.2C20H18.C16H14.C14H14O.C14H14.2C8H10/c1-19-3-7-21(8-4-19)11-13-23-15-17-24(18-16-23)14-12-22-9-5-20(2)6-10-22;1-19-6-10-21(11-7-19)14-16-23-4-3-5-24(18-23)17-15-22-12-8-20(2)9-13-22;1-15-3-7-17(8-4-15)19-11-13-20(14-12-19)18-9-5-16(2)6-10-18;1-15-6-10-17(11-7-15)19-4-3-5-20(14-19)18-12-8-16(2)9-13-18;1-13-3-7-15(8-4-13)11-12-16-9-5-14(2)6-10-16;1-11-3-7-13(8-4-11)15-14-9-5-12(2)6-10-14;1-11-3-7-13(8-4-11)14-9-5-12(2)6-10-14;1-7-3-5-8(2)6-4-7;1-7-4-3-5-8(2)6-7/h3-10,15-18H,1-2H3;3-13,18H,1-2H3;2*3-14H,1-2H3;3-10H,1-2H3;3-10H,1-2H3;3-10H,1-2H3;2*3-6H,1-2H3. The third-order valence-corrected chi connectivity index (χ3v) is 24.2. The Labute approximate surface area is 890 Å². The van der Waals surface area contributed by atoms with E-state index in [1.165, 1.54) is 156 Å². The Hall–Kier alpha value is -18.0. The molecular weight excluding hydrogens is 1790 g/mol. The SMILES string of the molecule is Cc1ccc(-c2ccc(-c3ccc(C)cc3)cc2)cc1.Cc1ccc(-c2ccc(C)cc2)cc1.Cc1ccc(-c2cccc(-c3ccc(C)cc3)c2)cc1.Cc1ccc(C#Cc2ccc(C#Cc3ccc(C)cc3)cc2)cc1.Cc1ccc(C#Cc2ccc(C)cc2)cc1.Cc1ccc(C#Cc2cccc(C#Cc3ccc(C)cc3)c2)cc1.Cc1ccc(C)cc1.Cc1ccc(Oc2ccc(C)cc2)cc1.Cc1cccc(C)c1. The third kappa shape index (κ3) is 39.9. The van der Waals surface area contributed by atoms with Crippen LogP contribution < -0.4 is 4.74 Å². The summed E-state index contributed by atoms with van der Waals surface area (Å²) in [5.41, 5.74) is 46.0. The van der Waals surface area contributed by atoms with Crippen molar-refractivity contribution < 1.29 is 4.74 Å². The van der Waals surface area contributed by atoms with Crippen LogP contribution >= 0.6 is 0 Å². The van der Waals surface area contributed by atoms with E-state index in [1.54, 1.807) is 0 Å². The van der Waals surface area contributed by atoms with Gasteiger partial charge in [0, 0.05) is 55.6 Å². The molecule has 0 radical (unpaired) electrons. The van der Waals surface area contributed by atoms with Gasteiger partial charge in [0.15, 0.2) is 0 Å². The van der Waals surface area contributed by atoms with Crippen molar-refractivity contribution in [2.45, 2.75) is 125 Å². The zero-order valence-corrected chi connectivity index (χ0v) is 89.6. The normalized spacial score (nSPS) is 9.81.